The van der Waals surface area contributed by atoms with Crippen LogP contribution in [0.2, 0.25) is 10.0 Å². The number of halogens is 3. The second-order valence-corrected chi connectivity index (χ2v) is 8.46. The first-order chi connectivity index (χ1) is 15.7. The highest BCUT2D eigenvalue weighted by Crippen LogP contribution is 2.34. The maximum Gasteiger partial charge on any atom is 0.341 e. The number of benzene rings is 2. The Kier molecular flexibility index (Phi) is 7.91. The zero-order valence-corrected chi connectivity index (χ0v) is 19.7. The predicted molar refractivity (Wildman–Crippen MR) is 125 cm³/mol. The number of carbonyl (C=O) groups is 3. The van der Waals surface area contributed by atoms with Crippen LogP contribution < -0.4 is 15.4 Å². The van der Waals surface area contributed by atoms with Crippen molar-refractivity contribution in [3.05, 3.63) is 74.3 Å². The van der Waals surface area contributed by atoms with E-state index in [1.54, 1.807) is 12.1 Å². The third-order valence-electron chi connectivity index (χ3n) is 4.37. The first-order valence-corrected chi connectivity index (χ1v) is 10.9. The van der Waals surface area contributed by atoms with Crippen molar-refractivity contribution in [2.45, 2.75) is 6.92 Å². The van der Waals surface area contributed by atoms with Gasteiger partial charge in [0, 0.05) is 5.02 Å². The summed E-state index contributed by atoms with van der Waals surface area (Å²) >= 11 is 12.7. The van der Waals surface area contributed by atoms with Gasteiger partial charge in [-0.2, -0.15) is 0 Å². The molecule has 1 aromatic heterocycles. The van der Waals surface area contributed by atoms with Crippen molar-refractivity contribution in [3.8, 4) is 5.75 Å². The summed E-state index contributed by atoms with van der Waals surface area (Å²) in [5.74, 6) is -2.35. The highest BCUT2D eigenvalue weighted by Gasteiger charge is 2.27. The number of methoxy groups -OCH3 is 1. The number of rotatable bonds is 7. The molecule has 3 rings (SSSR count). The summed E-state index contributed by atoms with van der Waals surface area (Å²) in [5, 5.41) is 5.74. The lowest BCUT2D eigenvalue weighted by atomic mass is 10.1. The molecule has 0 unspecified atom stereocenters. The van der Waals surface area contributed by atoms with Crippen LogP contribution in [0.3, 0.4) is 0 Å². The minimum atomic E-state index is -0.745. The van der Waals surface area contributed by atoms with E-state index in [-0.39, 0.29) is 37.5 Å². The summed E-state index contributed by atoms with van der Waals surface area (Å²) in [6, 6.07) is 10.2. The van der Waals surface area contributed by atoms with Gasteiger partial charge < -0.3 is 20.1 Å². The maximum atomic E-state index is 13.9. The van der Waals surface area contributed by atoms with Gasteiger partial charge in [-0.05, 0) is 42.8 Å². The summed E-state index contributed by atoms with van der Waals surface area (Å²) in [6.45, 7) is 1.11. The van der Waals surface area contributed by atoms with Crippen molar-refractivity contribution >= 4 is 63.0 Å². The van der Waals surface area contributed by atoms with Gasteiger partial charge in [-0.1, -0.05) is 35.3 Å². The van der Waals surface area contributed by atoms with Crippen molar-refractivity contribution in [3.63, 3.8) is 0 Å². The van der Waals surface area contributed by atoms with E-state index in [2.05, 4.69) is 10.6 Å². The van der Waals surface area contributed by atoms with Crippen molar-refractivity contribution in [1.82, 2.24) is 0 Å². The molecule has 0 saturated carbocycles. The lowest BCUT2D eigenvalue weighted by Gasteiger charge is -2.09. The number of nitrogens with one attached hydrogen (secondary N) is 2. The summed E-state index contributed by atoms with van der Waals surface area (Å²) in [5.41, 5.74) is 0.269. The maximum absolute atomic E-state index is 13.9. The van der Waals surface area contributed by atoms with E-state index in [0.717, 1.165) is 11.3 Å². The highest BCUT2D eigenvalue weighted by molar-refractivity contribution is 7.19. The zero-order chi connectivity index (χ0) is 24.1. The largest absolute Gasteiger partial charge is 0.482 e. The molecule has 0 aliphatic heterocycles. The number of para-hydroxylation sites is 1. The SMILES string of the molecule is COC(=O)c1c(NC(=O)COc2ccc(Cl)cc2Cl)sc(C(=O)Nc2ccccc2F)c1C. The average Bonchev–Trinajstić information content (AvgIpc) is 3.10. The molecule has 33 heavy (non-hydrogen) atoms. The zero-order valence-electron chi connectivity index (χ0n) is 17.3. The molecule has 3 aromatic rings. The summed E-state index contributed by atoms with van der Waals surface area (Å²) in [7, 11) is 1.18. The number of carbonyl (C=O) groups excluding carboxylic acids is 3. The fourth-order valence-corrected chi connectivity index (χ4v) is 4.38. The lowest BCUT2D eigenvalue weighted by molar-refractivity contribution is -0.118. The van der Waals surface area contributed by atoms with E-state index < -0.39 is 30.2 Å². The van der Waals surface area contributed by atoms with Crippen LogP contribution in [0.15, 0.2) is 42.5 Å². The minimum absolute atomic E-state index is 0.0130. The van der Waals surface area contributed by atoms with E-state index >= 15 is 0 Å². The van der Waals surface area contributed by atoms with Gasteiger partial charge in [-0.3, -0.25) is 9.59 Å². The Hall–Kier alpha value is -3.14. The Morgan fingerprint density at radius 2 is 1.82 bits per heavy atom. The molecule has 0 saturated heterocycles. The monoisotopic (exact) mass is 510 g/mol. The molecule has 1 heterocycles. The van der Waals surface area contributed by atoms with Gasteiger partial charge in [-0.25, -0.2) is 9.18 Å². The lowest BCUT2D eigenvalue weighted by Crippen LogP contribution is -2.21. The van der Waals surface area contributed by atoms with Crippen molar-refractivity contribution < 1.29 is 28.2 Å². The Morgan fingerprint density at radius 1 is 1.09 bits per heavy atom. The smallest absolute Gasteiger partial charge is 0.341 e. The minimum Gasteiger partial charge on any atom is -0.482 e. The molecule has 2 amide bonds. The molecule has 2 aromatic carbocycles. The molecule has 0 radical (unpaired) electrons. The second kappa shape index (κ2) is 10.7. The first-order valence-electron chi connectivity index (χ1n) is 9.36. The van der Waals surface area contributed by atoms with Crippen LogP contribution in [0.4, 0.5) is 15.1 Å². The Morgan fingerprint density at radius 3 is 2.48 bits per heavy atom. The number of esters is 1. The molecule has 172 valence electrons. The van der Waals surface area contributed by atoms with Crippen molar-refractivity contribution in [2.75, 3.05) is 24.4 Å². The standard InChI is InChI=1S/C22H17Cl2FN2O5S/c1-11-18(22(30)31-2)21(27-17(28)10-32-16-8-7-12(23)9-13(16)24)33-19(11)20(29)26-15-6-4-3-5-14(15)25/h3-9H,10H2,1-2H3,(H,26,29)(H,27,28). The second-order valence-electron chi connectivity index (χ2n) is 6.60. The van der Waals surface area contributed by atoms with Crippen LogP contribution >= 0.6 is 34.5 Å². The Bertz CT molecular complexity index is 1230. The van der Waals surface area contributed by atoms with Crippen molar-refractivity contribution in [1.29, 1.82) is 0 Å². The van der Waals surface area contributed by atoms with Gasteiger partial charge in [0.25, 0.3) is 11.8 Å². The molecule has 0 aliphatic rings. The highest BCUT2D eigenvalue weighted by atomic mass is 35.5. The Balaban J connectivity index is 1.80. The fourth-order valence-electron chi connectivity index (χ4n) is 2.81. The number of ether oxygens (including phenoxy) is 2. The van der Waals surface area contributed by atoms with Crippen LogP contribution in [0.5, 0.6) is 5.75 Å². The summed E-state index contributed by atoms with van der Waals surface area (Å²) < 4.78 is 24.1. The molecule has 11 heteroatoms. The van der Waals surface area contributed by atoms with Crippen LogP contribution in [0.1, 0.15) is 25.6 Å². The Labute approximate surface area is 202 Å². The van der Waals surface area contributed by atoms with Gasteiger partial charge in [-0.15, -0.1) is 11.3 Å². The molecule has 0 spiro atoms. The topological polar surface area (TPSA) is 93.7 Å². The predicted octanol–water partition coefficient (Wildman–Crippen LogP) is 5.56. The summed E-state index contributed by atoms with van der Waals surface area (Å²) in [6.07, 6.45) is 0. The first kappa shape index (κ1) is 24.5. The van der Waals surface area contributed by atoms with Crippen molar-refractivity contribution in [2.24, 2.45) is 0 Å². The third-order valence-corrected chi connectivity index (χ3v) is 6.11. The van der Waals surface area contributed by atoms with Gasteiger partial charge in [0.05, 0.1) is 28.3 Å². The van der Waals surface area contributed by atoms with E-state index in [1.807, 2.05) is 0 Å². The molecule has 0 atom stereocenters. The van der Waals surface area contributed by atoms with E-state index in [1.165, 1.54) is 44.4 Å². The molecule has 0 fully saturated rings. The van der Waals surface area contributed by atoms with Crippen LogP contribution in [-0.4, -0.2) is 31.5 Å². The summed E-state index contributed by atoms with van der Waals surface area (Å²) in [4.78, 5) is 37.6. The molecular formula is C22H17Cl2FN2O5S. The van der Waals surface area contributed by atoms with Crippen LogP contribution in [0, 0.1) is 12.7 Å². The number of thiophene rings is 1. The number of anilines is 2. The normalized spacial score (nSPS) is 10.5. The number of amides is 2. The van der Waals surface area contributed by atoms with E-state index in [4.69, 9.17) is 32.7 Å². The van der Waals surface area contributed by atoms with Crippen LogP contribution in [-0.2, 0) is 9.53 Å². The molecule has 0 aliphatic carbocycles. The van der Waals surface area contributed by atoms with Gasteiger partial charge >= 0.3 is 5.97 Å². The third kappa shape index (κ3) is 5.81. The van der Waals surface area contributed by atoms with E-state index in [0.29, 0.717) is 5.02 Å². The van der Waals surface area contributed by atoms with Gasteiger partial charge in [0.15, 0.2) is 6.61 Å². The van der Waals surface area contributed by atoms with Crippen LogP contribution in [0.25, 0.3) is 0 Å². The number of hydrogen-bond donors (Lipinski definition) is 2. The van der Waals surface area contributed by atoms with Gasteiger partial charge in [0.1, 0.15) is 16.6 Å². The molecule has 2 N–H and O–H groups in total. The van der Waals surface area contributed by atoms with Gasteiger partial charge in [0.2, 0.25) is 0 Å². The molecule has 7 nitrogen and oxygen atoms in total. The fraction of sp³-hybridized carbons (Fsp3) is 0.136. The molecular weight excluding hydrogens is 494 g/mol. The van der Waals surface area contributed by atoms with E-state index in [9.17, 15) is 18.8 Å². The molecule has 0 bridgehead atoms. The quantitative estimate of drug-likeness (QED) is 0.406. The number of hydrogen-bond acceptors (Lipinski definition) is 6. The average molecular weight is 511 g/mol.